The van der Waals surface area contributed by atoms with Crippen molar-refractivity contribution >= 4 is 12.4 Å². The van der Waals surface area contributed by atoms with Crippen LogP contribution in [0.15, 0.2) is 12.1 Å². The van der Waals surface area contributed by atoms with E-state index in [1.165, 1.54) is 0 Å². The van der Waals surface area contributed by atoms with Gasteiger partial charge in [0.15, 0.2) is 17.5 Å². The van der Waals surface area contributed by atoms with Gasteiger partial charge in [0, 0.05) is 19.6 Å². The van der Waals surface area contributed by atoms with Crippen molar-refractivity contribution in [2.45, 2.75) is 19.9 Å². The quantitative estimate of drug-likeness (QED) is 0.860. The van der Waals surface area contributed by atoms with Crippen molar-refractivity contribution in [3.63, 3.8) is 0 Å². The summed E-state index contributed by atoms with van der Waals surface area (Å²) in [6.45, 7) is 5.38. The summed E-state index contributed by atoms with van der Waals surface area (Å²) in [7, 11) is 1.91. The van der Waals surface area contributed by atoms with E-state index in [4.69, 9.17) is 0 Å². The van der Waals surface area contributed by atoms with Gasteiger partial charge in [-0.1, -0.05) is 6.92 Å². The first-order valence-corrected chi connectivity index (χ1v) is 6.42. The Hall–Kier alpha value is -0.780. The van der Waals surface area contributed by atoms with E-state index in [-0.39, 0.29) is 17.8 Å². The van der Waals surface area contributed by atoms with Crippen molar-refractivity contribution in [3.05, 3.63) is 35.1 Å². The summed E-state index contributed by atoms with van der Waals surface area (Å²) in [4.78, 5) is 2.01. The molecule has 1 aliphatic heterocycles. The van der Waals surface area contributed by atoms with Crippen LogP contribution in [0.1, 0.15) is 18.9 Å². The number of nitrogens with zero attached hydrogens (tertiary/aromatic N) is 1. The second kappa shape index (κ2) is 6.78. The first-order valence-electron chi connectivity index (χ1n) is 6.42. The van der Waals surface area contributed by atoms with Crippen LogP contribution < -0.4 is 5.32 Å². The van der Waals surface area contributed by atoms with E-state index in [1.807, 2.05) is 11.9 Å². The maximum atomic E-state index is 13.1. The van der Waals surface area contributed by atoms with Gasteiger partial charge >= 0.3 is 0 Å². The molecule has 0 spiro atoms. The van der Waals surface area contributed by atoms with E-state index in [9.17, 15) is 13.2 Å². The van der Waals surface area contributed by atoms with Crippen LogP contribution >= 0.6 is 12.4 Å². The molecule has 0 aromatic heterocycles. The van der Waals surface area contributed by atoms with Crippen LogP contribution in [0.4, 0.5) is 13.2 Å². The average Bonchev–Trinajstić information content (AvgIpc) is 2.72. The number of hydrogen-bond acceptors (Lipinski definition) is 2. The predicted octanol–water partition coefficient (Wildman–Crippen LogP) is 2.96. The summed E-state index contributed by atoms with van der Waals surface area (Å²) in [5.74, 6) is -3.66. The summed E-state index contributed by atoms with van der Waals surface area (Å²) in [5, 5.41) is 3.31. The Morgan fingerprint density at radius 1 is 1.25 bits per heavy atom. The molecule has 2 rings (SSSR count). The third-order valence-corrected chi connectivity index (χ3v) is 3.60. The molecule has 1 aromatic carbocycles. The van der Waals surface area contributed by atoms with Gasteiger partial charge in [-0.3, -0.25) is 0 Å². The Labute approximate surface area is 123 Å². The molecule has 1 aromatic rings. The first kappa shape index (κ1) is 17.3. The molecule has 0 aliphatic carbocycles. The SMILES string of the molecule is CN(Cc1cc(F)c(F)c(F)c1)CC1(C)CCNC1.Cl. The third kappa shape index (κ3) is 4.11. The van der Waals surface area contributed by atoms with Crippen molar-refractivity contribution in [3.8, 4) is 0 Å². The molecule has 1 heterocycles. The molecule has 114 valence electrons. The molecule has 2 nitrogen and oxygen atoms in total. The average molecular weight is 309 g/mol. The lowest BCUT2D eigenvalue weighted by Crippen LogP contribution is -2.34. The fraction of sp³-hybridized carbons (Fsp3) is 0.571. The highest BCUT2D eigenvalue weighted by Crippen LogP contribution is 2.26. The molecule has 0 saturated carbocycles. The molecule has 1 fully saturated rings. The Morgan fingerprint density at radius 3 is 2.35 bits per heavy atom. The standard InChI is InChI=1S/C14H19F3N2.ClH/c1-14(3-4-18-8-14)9-19(2)7-10-5-11(15)13(17)12(16)6-10;/h5-6,18H,3-4,7-9H2,1-2H3;1H. The van der Waals surface area contributed by atoms with Crippen molar-refractivity contribution in [2.24, 2.45) is 5.41 Å². The molecule has 0 radical (unpaired) electrons. The smallest absolute Gasteiger partial charge is 0.194 e. The number of hydrogen-bond donors (Lipinski definition) is 1. The van der Waals surface area contributed by atoms with E-state index in [1.54, 1.807) is 0 Å². The number of benzene rings is 1. The Bertz CT molecular complexity index is 439. The highest BCUT2D eigenvalue weighted by Gasteiger charge is 2.29. The molecular formula is C14H20ClF3N2. The largest absolute Gasteiger partial charge is 0.316 e. The van der Waals surface area contributed by atoms with Gasteiger partial charge in [0.1, 0.15) is 0 Å². The van der Waals surface area contributed by atoms with Crippen molar-refractivity contribution in [1.82, 2.24) is 10.2 Å². The summed E-state index contributed by atoms with van der Waals surface area (Å²) >= 11 is 0. The highest BCUT2D eigenvalue weighted by atomic mass is 35.5. The zero-order valence-electron chi connectivity index (χ0n) is 11.7. The Morgan fingerprint density at radius 2 is 1.85 bits per heavy atom. The molecule has 1 N–H and O–H groups in total. The maximum Gasteiger partial charge on any atom is 0.194 e. The maximum absolute atomic E-state index is 13.1. The van der Waals surface area contributed by atoms with Gasteiger partial charge in [0.2, 0.25) is 0 Å². The van der Waals surface area contributed by atoms with Crippen LogP contribution in [0.5, 0.6) is 0 Å². The van der Waals surface area contributed by atoms with E-state index in [2.05, 4.69) is 12.2 Å². The molecule has 0 amide bonds. The van der Waals surface area contributed by atoms with E-state index in [0.29, 0.717) is 12.1 Å². The second-order valence-electron chi connectivity index (χ2n) is 5.78. The van der Waals surface area contributed by atoms with E-state index in [0.717, 1.165) is 38.2 Å². The number of halogens is 4. The van der Waals surface area contributed by atoms with Gasteiger partial charge in [0.05, 0.1) is 0 Å². The lowest BCUT2D eigenvalue weighted by atomic mass is 9.89. The molecular weight excluding hydrogens is 289 g/mol. The van der Waals surface area contributed by atoms with Crippen LogP contribution in [0.2, 0.25) is 0 Å². The van der Waals surface area contributed by atoms with Crippen LogP contribution in [0.25, 0.3) is 0 Å². The van der Waals surface area contributed by atoms with Gasteiger partial charge in [-0.2, -0.15) is 0 Å². The summed E-state index contributed by atoms with van der Waals surface area (Å²) in [6, 6.07) is 2.12. The lowest BCUT2D eigenvalue weighted by Gasteiger charge is -2.29. The predicted molar refractivity (Wildman–Crippen MR) is 75.5 cm³/mol. The zero-order chi connectivity index (χ0) is 14.0. The first-order chi connectivity index (χ1) is 8.89. The monoisotopic (exact) mass is 308 g/mol. The third-order valence-electron chi connectivity index (χ3n) is 3.60. The molecule has 1 unspecified atom stereocenters. The number of rotatable bonds is 4. The Kier molecular flexibility index (Phi) is 5.86. The molecule has 0 bridgehead atoms. The van der Waals surface area contributed by atoms with Gasteiger partial charge in [0.25, 0.3) is 0 Å². The van der Waals surface area contributed by atoms with Crippen molar-refractivity contribution in [1.29, 1.82) is 0 Å². The lowest BCUT2D eigenvalue weighted by molar-refractivity contribution is 0.203. The summed E-state index contributed by atoms with van der Waals surface area (Å²) in [6.07, 6.45) is 1.09. The minimum absolute atomic E-state index is 0. The Balaban J connectivity index is 0.00000200. The van der Waals surface area contributed by atoms with Crippen LogP contribution in [0.3, 0.4) is 0 Å². The van der Waals surface area contributed by atoms with Gasteiger partial charge in [-0.25, -0.2) is 13.2 Å². The minimum Gasteiger partial charge on any atom is -0.316 e. The van der Waals surface area contributed by atoms with Crippen LogP contribution in [0, 0.1) is 22.9 Å². The summed E-state index contributed by atoms with van der Waals surface area (Å²) < 4.78 is 39.1. The molecule has 1 saturated heterocycles. The van der Waals surface area contributed by atoms with Crippen molar-refractivity contribution < 1.29 is 13.2 Å². The van der Waals surface area contributed by atoms with Gasteiger partial charge in [-0.15, -0.1) is 12.4 Å². The molecule has 20 heavy (non-hydrogen) atoms. The fourth-order valence-electron chi connectivity index (χ4n) is 2.72. The second-order valence-corrected chi connectivity index (χ2v) is 5.78. The zero-order valence-corrected chi connectivity index (χ0v) is 12.5. The van der Waals surface area contributed by atoms with Gasteiger partial charge < -0.3 is 10.2 Å². The van der Waals surface area contributed by atoms with E-state index < -0.39 is 17.5 Å². The van der Waals surface area contributed by atoms with Gasteiger partial charge in [-0.05, 0) is 43.1 Å². The number of nitrogens with one attached hydrogen (secondary N) is 1. The fourth-order valence-corrected chi connectivity index (χ4v) is 2.72. The van der Waals surface area contributed by atoms with Crippen LogP contribution in [-0.2, 0) is 6.54 Å². The molecule has 1 aliphatic rings. The normalized spacial score (nSPS) is 22.1. The van der Waals surface area contributed by atoms with E-state index >= 15 is 0 Å². The van der Waals surface area contributed by atoms with Crippen LogP contribution in [-0.4, -0.2) is 31.6 Å². The minimum atomic E-state index is -1.40. The van der Waals surface area contributed by atoms with Crippen molar-refractivity contribution in [2.75, 3.05) is 26.7 Å². The summed E-state index contributed by atoms with van der Waals surface area (Å²) in [5.41, 5.74) is 0.639. The topological polar surface area (TPSA) is 15.3 Å². The highest BCUT2D eigenvalue weighted by molar-refractivity contribution is 5.85. The molecule has 6 heteroatoms. The molecule has 1 atom stereocenters.